The maximum Gasteiger partial charge on any atom is 0.260 e. The zero-order valence-electron chi connectivity index (χ0n) is 15.5. The van der Waals surface area contributed by atoms with Crippen molar-refractivity contribution in [2.45, 2.75) is 18.7 Å². The van der Waals surface area contributed by atoms with Crippen molar-refractivity contribution >= 4 is 29.3 Å². The Morgan fingerprint density at radius 1 is 1.12 bits per heavy atom. The summed E-state index contributed by atoms with van der Waals surface area (Å²) in [5.74, 6) is 0.161. The Bertz CT molecular complexity index is 772. The Labute approximate surface area is 158 Å². The van der Waals surface area contributed by atoms with E-state index < -0.39 is 0 Å². The van der Waals surface area contributed by atoms with E-state index in [2.05, 4.69) is 5.32 Å². The third kappa shape index (κ3) is 5.81. The standard InChI is InChI=1S/C20H24N2O3S/c1-14-9-15(2)11-16(10-14)25-13-20(24)22(3)12-19(23)21-17-7-5-6-8-18(17)26-4/h5-11H,12-13H2,1-4H3,(H,21,23). The predicted octanol–water partition coefficient (Wildman–Crippen LogP) is 3.50. The summed E-state index contributed by atoms with van der Waals surface area (Å²) >= 11 is 1.56. The fourth-order valence-corrected chi connectivity index (χ4v) is 3.07. The number of ether oxygens (including phenoxy) is 1. The monoisotopic (exact) mass is 372 g/mol. The molecular formula is C20H24N2O3S. The maximum atomic E-state index is 12.2. The molecule has 0 radical (unpaired) electrons. The molecule has 0 aliphatic rings. The molecule has 0 saturated heterocycles. The molecular weight excluding hydrogens is 348 g/mol. The highest BCUT2D eigenvalue weighted by Crippen LogP contribution is 2.24. The molecule has 2 aromatic rings. The topological polar surface area (TPSA) is 58.6 Å². The first-order valence-electron chi connectivity index (χ1n) is 8.27. The van der Waals surface area contributed by atoms with Crippen LogP contribution in [0, 0.1) is 13.8 Å². The van der Waals surface area contributed by atoms with Crippen LogP contribution in [0.25, 0.3) is 0 Å². The summed E-state index contributed by atoms with van der Waals surface area (Å²) in [6, 6.07) is 13.4. The minimum absolute atomic E-state index is 0.0300. The number of rotatable bonds is 7. The Morgan fingerprint density at radius 2 is 1.77 bits per heavy atom. The van der Waals surface area contributed by atoms with Gasteiger partial charge in [-0.3, -0.25) is 9.59 Å². The van der Waals surface area contributed by atoms with Crippen LogP contribution in [0.15, 0.2) is 47.4 Å². The first kappa shape index (κ1) is 19.8. The molecule has 2 aromatic carbocycles. The van der Waals surface area contributed by atoms with Gasteiger partial charge in [0, 0.05) is 11.9 Å². The van der Waals surface area contributed by atoms with Gasteiger partial charge in [-0.1, -0.05) is 18.2 Å². The van der Waals surface area contributed by atoms with E-state index in [1.165, 1.54) is 4.90 Å². The van der Waals surface area contributed by atoms with E-state index in [4.69, 9.17) is 4.74 Å². The number of aryl methyl sites for hydroxylation is 2. The SMILES string of the molecule is CSc1ccccc1NC(=O)CN(C)C(=O)COc1cc(C)cc(C)c1. The number of nitrogens with one attached hydrogen (secondary N) is 1. The molecule has 5 nitrogen and oxygen atoms in total. The smallest absolute Gasteiger partial charge is 0.260 e. The van der Waals surface area contributed by atoms with Crippen molar-refractivity contribution < 1.29 is 14.3 Å². The normalized spacial score (nSPS) is 10.3. The molecule has 0 aliphatic heterocycles. The number of thioether (sulfide) groups is 1. The molecule has 0 atom stereocenters. The minimum Gasteiger partial charge on any atom is -0.484 e. The summed E-state index contributed by atoms with van der Waals surface area (Å²) < 4.78 is 5.56. The van der Waals surface area contributed by atoms with Crippen LogP contribution in [0.1, 0.15) is 11.1 Å². The minimum atomic E-state index is -0.252. The molecule has 2 rings (SSSR count). The molecule has 0 spiro atoms. The average molecular weight is 372 g/mol. The van der Waals surface area contributed by atoms with Gasteiger partial charge in [-0.2, -0.15) is 0 Å². The summed E-state index contributed by atoms with van der Waals surface area (Å²) in [7, 11) is 1.59. The third-order valence-corrected chi connectivity index (χ3v) is 4.54. The summed E-state index contributed by atoms with van der Waals surface area (Å²) in [5, 5.41) is 2.84. The quantitative estimate of drug-likeness (QED) is 0.756. The summed E-state index contributed by atoms with van der Waals surface area (Å²) in [6.45, 7) is 3.82. The molecule has 0 heterocycles. The van der Waals surface area contributed by atoms with Gasteiger partial charge in [-0.25, -0.2) is 0 Å². The van der Waals surface area contributed by atoms with Crippen molar-refractivity contribution in [3.05, 3.63) is 53.6 Å². The average Bonchev–Trinajstić information content (AvgIpc) is 2.59. The molecule has 0 unspecified atom stereocenters. The molecule has 0 aromatic heterocycles. The number of anilines is 1. The Hall–Kier alpha value is -2.47. The highest BCUT2D eigenvalue weighted by atomic mass is 32.2. The molecule has 138 valence electrons. The van der Waals surface area contributed by atoms with Crippen molar-refractivity contribution in [3.8, 4) is 5.75 Å². The Morgan fingerprint density at radius 3 is 2.42 bits per heavy atom. The first-order chi connectivity index (χ1) is 12.4. The van der Waals surface area contributed by atoms with Crippen molar-refractivity contribution in [1.29, 1.82) is 0 Å². The Kier molecular flexibility index (Phi) is 7.09. The van der Waals surface area contributed by atoms with Crippen LogP contribution >= 0.6 is 11.8 Å². The van der Waals surface area contributed by atoms with Gasteiger partial charge in [0.05, 0.1) is 12.2 Å². The lowest BCUT2D eigenvalue weighted by Crippen LogP contribution is -2.37. The van der Waals surface area contributed by atoms with Crippen LogP contribution in [0.2, 0.25) is 0 Å². The number of carbonyl (C=O) groups excluding carboxylic acids is 2. The van der Waals surface area contributed by atoms with Crippen LogP contribution < -0.4 is 10.1 Å². The lowest BCUT2D eigenvalue weighted by molar-refractivity contribution is -0.135. The van der Waals surface area contributed by atoms with Gasteiger partial charge in [0.2, 0.25) is 5.91 Å². The maximum absolute atomic E-state index is 12.2. The second kappa shape index (κ2) is 9.29. The van der Waals surface area contributed by atoms with Gasteiger partial charge >= 0.3 is 0 Å². The first-order valence-corrected chi connectivity index (χ1v) is 9.49. The van der Waals surface area contributed by atoms with Crippen LogP contribution in [0.5, 0.6) is 5.75 Å². The largest absolute Gasteiger partial charge is 0.484 e. The van der Waals surface area contributed by atoms with Gasteiger partial charge in [0.25, 0.3) is 5.91 Å². The van der Waals surface area contributed by atoms with Gasteiger partial charge < -0.3 is 15.0 Å². The number of likely N-dealkylation sites (N-methyl/N-ethyl adjacent to an activating group) is 1. The molecule has 0 bridgehead atoms. The zero-order chi connectivity index (χ0) is 19.1. The summed E-state index contributed by atoms with van der Waals surface area (Å²) in [6.07, 6.45) is 1.95. The molecule has 26 heavy (non-hydrogen) atoms. The van der Waals surface area contributed by atoms with Gasteiger partial charge in [0.1, 0.15) is 5.75 Å². The van der Waals surface area contributed by atoms with E-state index in [9.17, 15) is 9.59 Å². The van der Waals surface area contributed by atoms with Crippen LogP contribution in [0.4, 0.5) is 5.69 Å². The summed E-state index contributed by atoms with van der Waals surface area (Å²) in [5.41, 5.74) is 2.90. The highest BCUT2D eigenvalue weighted by Gasteiger charge is 2.15. The van der Waals surface area contributed by atoms with Crippen molar-refractivity contribution in [2.75, 3.05) is 31.8 Å². The predicted molar refractivity (Wildman–Crippen MR) is 106 cm³/mol. The van der Waals surface area contributed by atoms with Gasteiger partial charge in [0.15, 0.2) is 6.61 Å². The van der Waals surface area contributed by atoms with Crippen LogP contribution in [-0.4, -0.2) is 43.2 Å². The number of benzene rings is 2. The van der Waals surface area contributed by atoms with E-state index >= 15 is 0 Å². The lowest BCUT2D eigenvalue weighted by Gasteiger charge is -2.18. The number of nitrogens with zero attached hydrogens (tertiary/aromatic N) is 1. The number of para-hydroxylation sites is 1. The molecule has 0 fully saturated rings. The van der Waals surface area contributed by atoms with Crippen molar-refractivity contribution in [1.82, 2.24) is 4.90 Å². The lowest BCUT2D eigenvalue weighted by atomic mass is 10.1. The van der Waals surface area contributed by atoms with E-state index in [0.29, 0.717) is 5.75 Å². The fourth-order valence-electron chi connectivity index (χ4n) is 2.51. The number of carbonyl (C=O) groups is 2. The summed E-state index contributed by atoms with van der Waals surface area (Å²) in [4.78, 5) is 26.8. The highest BCUT2D eigenvalue weighted by molar-refractivity contribution is 7.98. The zero-order valence-corrected chi connectivity index (χ0v) is 16.4. The van der Waals surface area contributed by atoms with Gasteiger partial charge in [-0.05, 0) is 55.5 Å². The van der Waals surface area contributed by atoms with Crippen LogP contribution in [-0.2, 0) is 9.59 Å². The molecule has 6 heteroatoms. The van der Waals surface area contributed by atoms with Crippen molar-refractivity contribution in [3.63, 3.8) is 0 Å². The number of hydrogen-bond acceptors (Lipinski definition) is 4. The fraction of sp³-hybridized carbons (Fsp3) is 0.300. The molecule has 0 saturated carbocycles. The van der Waals surface area contributed by atoms with E-state index in [1.807, 2.05) is 62.6 Å². The Balaban J connectivity index is 1.87. The van der Waals surface area contributed by atoms with E-state index in [0.717, 1.165) is 21.7 Å². The van der Waals surface area contributed by atoms with E-state index in [-0.39, 0.29) is 25.0 Å². The molecule has 0 aliphatic carbocycles. The molecule has 1 N–H and O–H groups in total. The second-order valence-corrected chi connectivity index (χ2v) is 6.96. The third-order valence-electron chi connectivity index (χ3n) is 3.75. The molecule has 2 amide bonds. The van der Waals surface area contributed by atoms with E-state index in [1.54, 1.807) is 18.8 Å². The number of hydrogen-bond donors (Lipinski definition) is 1. The van der Waals surface area contributed by atoms with Crippen LogP contribution in [0.3, 0.4) is 0 Å². The van der Waals surface area contributed by atoms with Crippen molar-refractivity contribution in [2.24, 2.45) is 0 Å². The number of amides is 2. The second-order valence-electron chi connectivity index (χ2n) is 6.11. The van der Waals surface area contributed by atoms with Gasteiger partial charge in [-0.15, -0.1) is 11.8 Å².